The Morgan fingerprint density at radius 1 is 1.28 bits per heavy atom. The third-order valence-electron chi connectivity index (χ3n) is 4.44. The smallest absolute Gasteiger partial charge is 0.410 e. The molecule has 0 radical (unpaired) electrons. The topological polar surface area (TPSA) is 79.2 Å². The molecule has 1 aliphatic heterocycles. The maximum absolute atomic E-state index is 12.2. The van der Waals surface area contributed by atoms with Gasteiger partial charge in [0.15, 0.2) is 0 Å². The van der Waals surface area contributed by atoms with E-state index in [-0.39, 0.29) is 12.7 Å². The van der Waals surface area contributed by atoms with Gasteiger partial charge in [0.1, 0.15) is 11.4 Å². The van der Waals surface area contributed by atoms with Crippen LogP contribution in [0.25, 0.3) is 0 Å². The number of aliphatic hydroxyl groups excluding tert-OH is 1. The molecule has 0 atom stereocenters. The number of piperidine rings is 1. The number of aliphatic hydroxyl groups is 2. The van der Waals surface area contributed by atoms with Gasteiger partial charge in [0.2, 0.25) is 0 Å². The van der Waals surface area contributed by atoms with Gasteiger partial charge in [-0.05, 0) is 63.3 Å². The van der Waals surface area contributed by atoms with E-state index in [1.165, 1.54) is 0 Å². The SMILES string of the molecule is COc1ccc(CCO)c(C2(O)CCN(C(=O)OC(C)(C)C)CC2)c1. The minimum absolute atomic E-state index is 0.0133. The van der Waals surface area contributed by atoms with Gasteiger partial charge in [-0.25, -0.2) is 4.79 Å². The molecule has 6 nitrogen and oxygen atoms in total. The maximum Gasteiger partial charge on any atom is 0.410 e. The minimum atomic E-state index is -1.04. The lowest BCUT2D eigenvalue weighted by Crippen LogP contribution is -2.47. The van der Waals surface area contributed by atoms with E-state index in [0.29, 0.717) is 38.1 Å². The second kappa shape index (κ2) is 7.62. The van der Waals surface area contributed by atoms with Crippen molar-refractivity contribution in [3.05, 3.63) is 29.3 Å². The van der Waals surface area contributed by atoms with Crippen LogP contribution >= 0.6 is 0 Å². The normalized spacial score (nSPS) is 17.3. The van der Waals surface area contributed by atoms with Crippen LogP contribution in [0, 0.1) is 0 Å². The zero-order valence-corrected chi connectivity index (χ0v) is 15.5. The summed E-state index contributed by atoms with van der Waals surface area (Å²) >= 11 is 0. The number of hydrogen-bond donors (Lipinski definition) is 2. The molecule has 2 rings (SSSR count). The molecule has 0 spiro atoms. The molecular formula is C19H29NO5. The molecule has 140 valence electrons. The molecule has 1 aromatic rings. The Balaban J connectivity index is 2.15. The summed E-state index contributed by atoms with van der Waals surface area (Å²) in [5.74, 6) is 0.666. The van der Waals surface area contributed by atoms with Crippen molar-refractivity contribution in [3.8, 4) is 5.75 Å². The van der Waals surface area contributed by atoms with Crippen LogP contribution in [-0.2, 0) is 16.8 Å². The first-order valence-electron chi connectivity index (χ1n) is 8.67. The van der Waals surface area contributed by atoms with Gasteiger partial charge in [0.05, 0.1) is 12.7 Å². The van der Waals surface area contributed by atoms with Crippen LogP contribution in [0.15, 0.2) is 18.2 Å². The average molecular weight is 351 g/mol. The molecule has 25 heavy (non-hydrogen) atoms. The lowest BCUT2D eigenvalue weighted by Gasteiger charge is -2.39. The molecule has 1 heterocycles. The minimum Gasteiger partial charge on any atom is -0.497 e. The van der Waals surface area contributed by atoms with E-state index in [1.54, 1.807) is 12.0 Å². The van der Waals surface area contributed by atoms with Gasteiger partial charge in [-0.3, -0.25) is 0 Å². The number of amides is 1. The van der Waals surface area contributed by atoms with Crippen LogP contribution in [0.2, 0.25) is 0 Å². The summed E-state index contributed by atoms with van der Waals surface area (Å²) in [6.45, 7) is 6.36. The molecule has 1 aliphatic rings. The van der Waals surface area contributed by atoms with Crippen molar-refractivity contribution in [2.75, 3.05) is 26.8 Å². The Kier molecular flexibility index (Phi) is 5.95. The van der Waals surface area contributed by atoms with E-state index < -0.39 is 11.2 Å². The number of rotatable bonds is 4. The molecule has 1 fully saturated rings. The predicted molar refractivity (Wildman–Crippen MR) is 94.7 cm³/mol. The first kappa shape index (κ1) is 19.5. The summed E-state index contributed by atoms with van der Waals surface area (Å²) in [6.07, 6.45) is 0.948. The number of ether oxygens (including phenoxy) is 2. The fraction of sp³-hybridized carbons (Fsp3) is 0.632. The molecule has 0 aliphatic carbocycles. The molecule has 0 bridgehead atoms. The fourth-order valence-electron chi connectivity index (χ4n) is 3.11. The van der Waals surface area contributed by atoms with Gasteiger partial charge in [-0.2, -0.15) is 0 Å². The molecule has 2 N–H and O–H groups in total. The first-order chi connectivity index (χ1) is 11.7. The number of benzene rings is 1. The van der Waals surface area contributed by atoms with Crippen molar-refractivity contribution >= 4 is 6.09 Å². The molecule has 0 aromatic heterocycles. The Morgan fingerprint density at radius 3 is 2.44 bits per heavy atom. The van der Waals surface area contributed by atoms with E-state index in [9.17, 15) is 15.0 Å². The lowest BCUT2D eigenvalue weighted by atomic mass is 9.81. The van der Waals surface area contributed by atoms with Crippen molar-refractivity contribution < 1.29 is 24.5 Å². The van der Waals surface area contributed by atoms with Crippen molar-refractivity contribution in [2.24, 2.45) is 0 Å². The number of carbonyl (C=O) groups is 1. The summed E-state index contributed by atoms with van der Waals surface area (Å²) < 4.78 is 10.7. The maximum atomic E-state index is 12.2. The number of carbonyl (C=O) groups excluding carboxylic acids is 1. The van der Waals surface area contributed by atoms with Crippen molar-refractivity contribution in [1.29, 1.82) is 0 Å². The van der Waals surface area contributed by atoms with Gasteiger partial charge in [-0.1, -0.05) is 6.07 Å². The van der Waals surface area contributed by atoms with E-state index >= 15 is 0 Å². The second-order valence-corrected chi connectivity index (χ2v) is 7.50. The summed E-state index contributed by atoms with van der Waals surface area (Å²) in [5.41, 5.74) is 0.0880. The van der Waals surface area contributed by atoms with Gasteiger partial charge in [0, 0.05) is 19.7 Å². The lowest BCUT2D eigenvalue weighted by molar-refractivity contribution is -0.0362. The van der Waals surface area contributed by atoms with Crippen molar-refractivity contribution in [1.82, 2.24) is 4.90 Å². The van der Waals surface area contributed by atoms with E-state index in [4.69, 9.17) is 9.47 Å². The summed E-state index contributed by atoms with van der Waals surface area (Å²) in [7, 11) is 1.58. The zero-order valence-electron chi connectivity index (χ0n) is 15.5. The number of methoxy groups -OCH3 is 1. The quantitative estimate of drug-likeness (QED) is 0.871. The Morgan fingerprint density at radius 2 is 1.92 bits per heavy atom. The van der Waals surface area contributed by atoms with Crippen LogP contribution in [0.5, 0.6) is 5.75 Å². The Bertz CT molecular complexity index is 600. The molecule has 1 saturated heterocycles. The highest BCUT2D eigenvalue weighted by atomic mass is 16.6. The molecule has 0 unspecified atom stereocenters. The van der Waals surface area contributed by atoms with Gasteiger partial charge >= 0.3 is 6.09 Å². The number of likely N-dealkylation sites (tertiary alicyclic amines) is 1. The molecular weight excluding hydrogens is 322 g/mol. The first-order valence-corrected chi connectivity index (χ1v) is 8.67. The molecule has 1 aromatic carbocycles. The van der Waals surface area contributed by atoms with Crippen molar-refractivity contribution in [2.45, 2.75) is 51.2 Å². The largest absolute Gasteiger partial charge is 0.497 e. The average Bonchev–Trinajstić information content (AvgIpc) is 2.54. The van der Waals surface area contributed by atoms with Crippen LogP contribution in [0.3, 0.4) is 0 Å². The molecule has 0 saturated carbocycles. The summed E-state index contributed by atoms with van der Waals surface area (Å²) in [6, 6.07) is 5.53. The van der Waals surface area contributed by atoms with Gasteiger partial charge < -0.3 is 24.6 Å². The third-order valence-corrected chi connectivity index (χ3v) is 4.44. The predicted octanol–water partition coefficient (Wildman–Crippen LogP) is 2.45. The van der Waals surface area contributed by atoms with E-state index in [2.05, 4.69) is 0 Å². The van der Waals surface area contributed by atoms with Crippen LogP contribution in [0.1, 0.15) is 44.7 Å². The number of hydrogen-bond acceptors (Lipinski definition) is 5. The monoisotopic (exact) mass is 351 g/mol. The zero-order chi connectivity index (χ0) is 18.7. The summed E-state index contributed by atoms with van der Waals surface area (Å²) in [5, 5.41) is 20.5. The molecule has 6 heteroatoms. The Hall–Kier alpha value is -1.79. The van der Waals surface area contributed by atoms with Gasteiger partial charge in [-0.15, -0.1) is 0 Å². The van der Waals surface area contributed by atoms with Crippen LogP contribution in [0.4, 0.5) is 4.79 Å². The summed E-state index contributed by atoms with van der Waals surface area (Å²) in [4.78, 5) is 13.8. The van der Waals surface area contributed by atoms with E-state index in [1.807, 2.05) is 39.0 Å². The number of nitrogens with zero attached hydrogens (tertiary/aromatic N) is 1. The highest BCUT2D eigenvalue weighted by Crippen LogP contribution is 2.37. The van der Waals surface area contributed by atoms with Gasteiger partial charge in [0.25, 0.3) is 0 Å². The molecule has 1 amide bonds. The van der Waals surface area contributed by atoms with Crippen LogP contribution < -0.4 is 4.74 Å². The highest BCUT2D eigenvalue weighted by Gasteiger charge is 2.38. The van der Waals surface area contributed by atoms with Crippen molar-refractivity contribution in [3.63, 3.8) is 0 Å². The van der Waals surface area contributed by atoms with E-state index in [0.717, 1.165) is 11.1 Å². The van der Waals surface area contributed by atoms with Crippen LogP contribution in [-0.4, -0.2) is 53.6 Å². The third kappa shape index (κ3) is 4.86. The standard InChI is InChI=1S/C19H29NO5/c1-18(2,3)25-17(22)20-10-8-19(23,9-11-20)16-13-15(24-4)6-5-14(16)7-12-21/h5-6,13,21,23H,7-12H2,1-4H3. The fourth-order valence-corrected chi connectivity index (χ4v) is 3.11. The second-order valence-electron chi connectivity index (χ2n) is 7.50. The highest BCUT2D eigenvalue weighted by molar-refractivity contribution is 5.68. The Labute approximate surface area is 149 Å².